The van der Waals surface area contributed by atoms with Crippen LogP contribution in [0.4, 0.5) is 10.5 Å². The Labute approximate surface area is 103 Å². The van der Waals surface area contributed by atoms with Gasteiger partial charge in [0.1, 0.15) is 0 Å². The van der Waals surface area contributed by atoms with Crippen molar-refractivity contribution in [3.8, 4) is 11.4 Å². The van der Waals surface area contributed by atoms with E-state index in [1.54, 1.807) is 36.5 Å². The van der Waals surface area contributed by atoms with Crippen molar-refractivity contribution in [2.24, 2.45) is 0 Å². The number of aliphatic hydroxyl groups excluding tert-OH is 1. The second-order valence-corrected chi connectivity index (χ2v) is 3.54. The van der Waals surface area contributed by atoms with Crippen LogP contribution in [0.3, 0.4) is 0 Å². The predicted molar refractivity (Wildman–Crippen MR) is 65.0 cm³/mol. The first kappa shape index (κ1) is 12.0. The SMILES string of the molecule is O=C(O)Nc1ccc(-c2nccc(CO)n2)cc1. The fourth-order valence-electron chi connectivity index (χ4n) is 1.45. The van der Waals surface area contributed by atoms with Crippen molar-refractivity contribution in [2.45, 2.75) is 6.61 Å². The zero-order chi connectivity index (χ0) is 13.0. The molecule has 0 saturated carbocycles. The molecule has 0 aliphatic heterocycles. The molecule has 0 bridgehead atoms. The maximum Gasteiger partial charge on any atom is 0.409 e. The highest BCUT2D eigenvalue weighted by atomic mass is 16.4. The summed E-state index contributed by atoms with van der Waals surface area (Å²) in [6.07, 6.45) is 0.457. The third-order valence-electron chi connectivity index (χ3n) is 2.27. The van der Waals surface area contributed by atoms with Gasteiger partial charge in [0, 0.05) is 17.4 Å². The van der Waals surface area contributed by atoms with Gasteiger partial charge in [-0.1, -0.05) is 0 Å². The molecule has 0 radical (unpaired) electrons. The summed E-state index contributed by atoms with van der Waals surface area (Å²) in [6, 6.07) is 8.30. The van der Waals surface area contributed by atoms with E-state index in [1.165, 1.54) is 0 Å². The largest absolute Gasteiger partial charge is 0.465 e. The van der Waals surface area contributed by atoms with Gasteiger partial charge in [-0.15, -0.1) is 0 Å². The zero-order valence-electron chi connectivity index (χ0n) is 9.37. The van der Waals surface area contributed by atoms with Crippen molar-refractivity contribution in [3.05, 3.63) is 42.2 Å². The number of rotatable bonds is 3. The van der Waals surface area contributed by atoms with Crippen LogP contribution in [0.5, 0.6) is 0 Å². The van der Waals surface area contributed by atoms with Gasteiger partial charge >= 0.3 is 6.09 Å². The van der Waals surface area contributed by atoms with Gasteiger partial charge in [0.2, 0.25) is 0 Å². The van der Waals surface area contributed by atoms with E-state index in [0.717, 1.165) is 5.56 Å². The van der Waals surface area contributed by atoms with Crippen molar-refractivity contribution in [1.82, 2.24) is 9.97 Å². The standard InChI is InChI=1S/C12H11N3O3/c16-7-10-5-6-13-11(14-10)8-1-3-9(4-2-8)15-12(17)18/h1-6,15-16H,7H2,(H,17,18). The lowest BCUT2D eigenvalue weighted by Crippen LogP contribution is -2.06. The normalized spacial score (nSPS) is 10.1. The smallest absolute Gasteiger partial charge is 0.409 e. The van der Waals surface area contributed by atoms with Crippen LogP contribution >= 0.6 is 0 Å². The topological polar surface area (TPSA) is 95.3 Å². The molecule has 3 N–H and O–H groups in total. The van der Waals surface area contributed by atoms with Crippen molar-refractivity contribution in [2.75, 3.05) is 5.32 Å². The van der Waals surface area contributed by atoms with Crippen LogP contribution in [0.25, 0.3) is 11.4 Å². The molecule has 1 aromatic carbocycles. The number of nitrogens with one attached hydrogen (secondary N) is 1. The molecule has 6 heteroatoms. The first-order chi connectivity index (χ1) is 8.69. The van der Waals surface area contributed by atoms with Crippen LogP contribution < -0.4 is 5.32 Å². The number of benzene rings is 1. The van der Waals surface area contributed by atoms with E-state index in [-0.39, 0.29) is 6.61 Å². The number of nitrogens with zero attached hydrogens (tertiary/aromatic N) is 2. The Bertz CT molecular complexity index is 555. The van der Waals surface area contributed by atoms with Gasteiger partial charge in [0.15, 0.2) is 5.82 Å². The van der Waals surface area contributed by atoms with Crippen LogP contribution in [0, 0.1) is 0 Å². The lowest BCUT2D eigenvalue weighted by molar-refractivity contribution is 0.210. The van der Waals surface area contributed by atoms with E-state index >= 15 is 0 Å². The molecule has 0 unspecified atom stereocenters. The number of aromatic nitrogens is 2. The van der Waals surface area contributed by atoms with Crippen molar-refractivity contribution < 1.29 is 15.0 Å². The summed E-state index contributed by atoms with van der Waals surface area (Å²) in [5.41, 5.74) is 1.76. The van der Waals surface area contributed by atoms with Crippen LogP contribution in [0.15, 0.2) is 36.5 Å². The molecule has 6 nitrogen and oxygen atoms in total. The summed E-state index contributed by atoms with van der Waals surface area (Å²) < 4.78 is 0. The van der Waals surface area contributed by atoms with Crippen molar-refractivity contribution in [1.29, 1.82) is 0 Å². The van der Waals surface area contributed by atoms with E-state index in [9.17, 15) is 4.79 Å². The molecule has 2 rings (SSSR count). The number of anilines is 1. The molecular weight excluding hydrogens is 234 g/mol. The highest BCUT2D eigenvalue weighted by Crippen LogP contribution is 2.17. The Balaban J connectivity index is 2.25. The lowest BCUT2D eigenvalue weighted by Gasteiger charge is -2.04. The highest BCUT2D eigenvalue weighted by Gasteiger charge is 2.03. The molecule has 1 amide bonds. The molecule has 0 saturated heterocycles. The van der Waals surface area contributed by atoms with Gasteiger partial charge in [-0.05, 0) is 30.3 Å². The third kappa shape index (κ3) is 2.80. The molecule has 0 aliphatic carbocycles. The summed E-state index contributed by atoms with van der Waals surface area (Å²) in [4.78, 5) is 18.7. The molecule has 0 aliphatic rings. The van der Waals surface area contributed by atoms with E-state index in [2.05, 4.69) is 15.3 Å². The molecular formula is C12H11N3O3. The van der Waals surface area contributed by atoms with Gasteiger partial charge in [-0.3, -0.25) is 5.32 Å². The van der Waals surface area contributed by atoms with Crippen molar-refractivity contribution in [3.63, 3.8) is 0 Å². The van der Waals surface area contributed by atoms with Gasteiger partial charge in [0.25, 0.3) is 0 Å². The Hall–Kier alpha value is -2.47. The molecule has 1 aromatic heterocycles. The highest BCUT2D eigenvalue weighted by molar-refractivity contribution is 5.83. The number of carboxylic acid groups (broad SMARTS) is 1. The minimum atomic E-state index is -1.11. The predicted octanol–water partition coefficient (Wildman–Crippen LogP) is 1.73. The summed E-state index contributed by atoms with van der Waals surface area (Å²) in [6.45, 7) is -0.145. The molecule has 92 valence electrons. The zero-order valence-corrected chi connectivity index (χ0v) is 9.37. The van der Waals surface area contributed by atoms with Crippen LogP contribution in [-0.4, -0.2) is 26.3 Å². The monoisotopic (exact) mass is 245 g/mol. The molecule has 0 atom stereocenters. The van der Waals surface area contributed by atoms with E-state index < -0.39 is 6.09 Å². The number of carbonyl (C=O) groups is 1. The second kappa shape index (κ2) is 5.24. The number of aliphatic hydroxyl groups is 1. The quantitative estimate of drug-likeness (QED) is 0.765. The van der Waals surface area contributed by atoms with Crippen LogP contribution in [0.1, 0.15) is 5.69 Å². The first-order valence-corrected chi connectivity index (χ1v) is 5.22. The minimum Gasteiger partial charge on any atom is -0.465 e. The summed E-state index contributed by atoms with van der Waals surface area (Å²) in [5, 5.41) is 19.8. The minimum absolute atomic E-state index is 0.145. The van der Waals surface area contributed by atoms with Crippen LogP contribution in [0.2, 0.25) is 0 Å². The maximum absolute atomic E-state index is 10.4. The Morgan fingerprint density at radius 1 is 1.22 bits per heavy atom. The average Bonchev–Trinajstić information content (AvgIpc) is 2.39. The van der Waals surface area contributed by atoms with Gasteiger partial charge < -0.3 is 10.2 Å². The van der Waals surface area contributed by atoms with Crippen molar-refractivity contribution >= 4 is 11.8 Å². The van der Waals surface area contributed by atoms with Gasteiger partial charge in [0.05, 0.1) is 12.3 Å². The van der Waals surface area contributed by atoms with E-state index in [4.69, 9.17) is 10.2 Å². The number of hydrogen-bond acceptors (Lipinski definition) is 4. The number of amides is 1. The second-order valence-electron chi connectivity index (χ2n) is 3.54. The average molecular weight is 245 g/mol. The fourth-order valence-corrected chi connectivity index (χ4v) is 1.45. The Morgan fingerprint density at radius 2 is 1.94 bits per heavy atom. The van der Waals surface area contributed by atoms with E-state index in [1.807, 2.05) is 0 Å². The number of hydrogen-bond donors (Lipinski definition) is 3. The Morgan fingerprint density at radius 3 is 2.56 bits per heavy atom. The summed E-state index contributed by atoms with van der Waals surface area (Å²) >= 11 is 0. The maximum atomic E-state index is 10.4. The first-order valence-electron chi connectivity index (χ1n) is 5.22. The van der Waals surface area contributed by atoms with Gasteiger partial charge in [-0.2, -0.15) is 0 Å². The summed E-state index contributed by atoms with van der Waals surface area (Å²) in [7, 11) is 0. The van der Waals surface area contributed by atoms with Gasteiger partial charge in [-0.25, -0.2) is 14.8 Å². The van der Waals surface area contributed by atoms with E-state index in [0.29, 0.717) is 17.2 Å². The third-order valence-corrected chi connectivity index (χ3v) is 2.27. The molecule has 0 spiro atoms. The molecule has 2 aromatic rings. The molecule has 1 heterocycles. The molecule has 0 fully saturated rings. The summed E-state index contributed by atoms with van der Waals surface area (Å²) in [5.74, 6) is 0.489. The van der Waals surface area contributed by atoms with Crippen LogP contribution in [-0.2, 0) is 6.61 Å². The molecule has 18 heavy (non-hydrogen) atoms. The Kier molecular flexibility index (Phi) is 3.49. The lowest BCUT2D eigenvalue weighted by atomic mass is 10.2. The fraction of sp³-hybridized carbons (Fsp3) is 0.0833.